The Kier molecular flexibility index (Phi) is 8.56. The smallest absolute Gasteiger partial charge is 0.223 e. The molecule has 17 heavy (non-hydrogen) atoms. The van der Waals surface area contributed by atoms with Crippen molar-refractivity contribution in [3.05, 3.63) is 0 Å². The zero-order valence-electron chi connectivity index (χ0n) is 10.8. The van der Waals surface area contributed by atoms with Crippen LogP contribution in [0.15, 0.2) is 0 Å². The highest BCUT2D eigenvalue weighted by atomic mass is 35.5. The van der Waals surface area contributed by atoms with Gasteiger partial charge in [-0.3, -0.25) is 4.79 Å². The van der Waals surface area contributed by atoms with Gasteiger partial charge in [-0.15, -0.1) is 12.4 Å². The van der Waals surface area contributed by atoms with Gasteiger partial charge in [-0.05, 0) is 39.5 Å². The molecule has 2 unspecified atom stereocenters. The van der Waals surface area contributed by atoms with Gasteiger partial charge in [-0.25, -0.2) is 0 Å². The van der Waals surface area contributed by atoms with E-state index in [0.29, 0.717) is 13.2 Å². The van der Waals surface area contributed by atoms with Crippen LogP contribution in [0, 0.1) is 5.92 Å². The maximum Gasteiger partial charge on any atom is 0.223 e. The van der Waals surface area contributed by atoms with E-state index in [1.807, 2.05) is 13.8 Å². The first-order valence-electron chi connectivity index (χ1n) is 6.24. The molecule has 5 heteroatoms. The van der Waals surface area contributed by atoms with Crippen molar-refractivity contribution in [2.75, 3.05) is 13.2 Å². The third kappa shape index (κ3) is 6.86. The summed E-state index contributed by atoms with van der Waals surface area (Å²) in [6.07, 6.45) is 3.91. The molecule has 0 aromatic rings. The average Bonchev–Trinajstić information content (AvgIpc) is 2.63. The molecule has 1 aliphatic rings. The summed E-state index contributed by atoms with van der Waals surface area (Å²) in [7, 11) is 0. The molecule has 0 heterocycles. The van der Waals surface area contributed by atoms with Crippen molar-refractivity contribution in [3.63, 3.8) is 0 Å². The molecule has 1 fully saturated rings. The fourth-order valence-corrected chi connectivity index (χ4v) is 2.00. The number of halogens is 1. The highest BCUT2D eigenvalue weighted by molar-refractivity contribution is 5.85. The Hall–Kier alpha value is -0.320. The second-order valence-electron chi connectivity index (χ2n) is 4.83. The van der Waals surface area contributed by atoms with Gasteiger partial charge in [0.15, 0.2) is 0 Å². The number of hydrogen-bond acceptors (Lipinski definition) is 3. The molecule has 0 saturated heterocycles. The zero-order chi connectivity index (χ0) is 12.0. The molecule has 0 radical (unpaired) electrons. The first-order chi connectivity index (χ1) is 7.59. The molecule has 1 rings (SSSR count). The van der Waals surface area contributed by atoms with Crippen LogP contribution in [0.4, 0.5) is 0 Å². The fraction of sp³-hybridized carbons (Fsp3) is 0.917. The van der Waals surface area contributed by atoms with Crippen LogP contribution in [-0.4, -0.2) is 31.2 Å². The minimum absolute atomic E-state index is 0. The zero-order valence-corrected chi connectivity index (χ0v) is 11.6. The van der Waals surface area contributed by atoms with Crippen molar-refractivity contribution >= 4 is 18.3 Å². The number of amides is 1. The van der Waals surface area contributed by atoms with Crippen molar-refractivity contribution in [2.24, 2.45) is 11.7 Å². The van der Waals surface area contributed by atoms with E-state index in [4.69, 9.17) is 10.5 Å². The molecule has 102 valence electrons. The number of nitrogens with two attached hydrogens (primary N) is 1. The van der Waals surface area contributed by atoms with Gasteiger partial charge < -0.3 is 15.8 Å². The Morgan fingerprint density at radius 2 is 2.18 bits per heavy atom. The first kappa shape index (κ1) is 16.7. The van der Waals surface area contributed by atoms with Gasteiger partial charge in [-0.1, -0.05) is 0 Å². The summed E-state index contributed by atoms with van der Waals surface area (Å²) in [5, 5.41) is 2.94. The van der Waals surface area contributed by atoms with Crippen molar-refractivity contribution < 1.29 is 9.53 Å². The fourth-order valence-electron chi connectivity index (χ4n) is 2.00. The van der Waals surface area contributed by atoms with Crippen LogP contribution in [0.3, 0.4) is 0 Å². The van der Waals surface area contributed by atoms with E-state index in [2.05, 4.69) is 5.32 Å². The Bertz CT molecular complexity index is 225. The van der Waals surface area contributed by atoms with Crippen molar-refractivity contribution in [3.8, 4) is 0 Å². The van der Waals surface area contributed by atoms with Gasteiger partial charge in [0.1, 0.15) is 0 Å². The van der Waals surface area contributed by atoms with Gasteiger partial charge in [0.2, 0.25) is 5.91 Å². The number of ether oxygens (including phenoxy) is 1. The van der Waals surface area contributed by atoms with E-state index in [0.717, 1.165) is 25.7 Å². The van der Waals surface area contributed by atoms with Gasteiger partial charge in [0.25, 0.3) is 0 Å². The van der Waals surface area contributed by atoms with Crippen molar-refractivity contribution in [1.82, 2.24) is 5.32 Å². The van der Waals surface area contributed by atoms with E-state index in [9.17, 15) is 4.79 Å². The highest BCUT2D eigenvalue weighted by Gasteiger charge is 2.27. The van der Waals surface area contributed by atoms with Crippen LogP contribution in [0.2, 0.25) is 0 Å². The summed E-state index contributed by atoms with van der Waals surface area (Å²) >= 11 is 0. The van der Waals surface area contributed by atoms with Gasteiger partial charge in [0.05, 0.1) is 6.10 Å². The summed E-state index contributed by atoms with van der Waals surface area (Å²) in [6.45, 7) is 5.44. The molecule has 0 spiro atoms. The number of nitrogens with one attached hydrogen (secondary N) is 1. The number of rotatable bonds is 6. The predicted molar refractivity (Wildman–Crippen MR) is 71.3 cm³/mol. The van der Waals surface area contributed by atoms with Crippen LogP contribution in [0.25, 0.3) is 0 Å². The Morgan fingerprint density at radius 1 is 1.47 bits per heavy atom. The van der Waals surface area contributed by atoms with Crippen LogP contribution < -0.4 is 11.1 Å². The third-order valence-electron chi connectivity index (χ3n) is 2.92. The highest BCUT2D eigenvalue weighted by Crippen LogP contribution is 2.23. The quantitative estimate of drug-likeness (QED) is 0.714. The summed E-state index contributed by atoms with van der Waals surface area (Å²) in [5.74, 6) is 0.304. The summed E-state index contributed by atoms with van der Waals surface area (Å²) in [4.78, 5) is 11.7. The van der Waals surface area contributed by atoms with Crippen molar-refractivity contribution in [2.45, 2.75) is 51.7 Å². The maximum atomic E-state index is 11.7. The van der Waals surface area contributed by atoms with E-state index >= 15 is 0 Å². The largest absolute Gasteiger partial charge is 0.379 e. The lowest BCUT2D eigenvalue weighted by Crippen LogP contribution is -2.31. The number of hydrogen-bond donors (Lipinski definition) is 2. The first-order valence-corrected chi connectivity index (χ1v) is 6.24. The molecule has 1 amide bonds. The molecule has 0 aromatic carbocycles. The molecule has 0 aliphatic heterocycles. The topological polar surface area (TPSA) is 64.3 Å². The molecular weight excluding hydrogens is 240 g/mol. The van der Waals surface area contributed by atoms with Crippen LogP contribution in [0.5, 0.6) is 0 Å². The van der Waals surface area contributed by atoms with Crippen LogP contribution >= 0.6 is 12.4 Å². The summed E-state index contributed by atoms with van der Waals surface area (Å²) < 4.78 is 5.39. The second kappa shape index (κ2) is 8.72. The second-order valence-corrected chi connectivity index (χ2v) is 4.83. The summed E-state index contributed by atoms with van der Waals surface area (Å²) in [6, 6.07) is 0.222. The maximum absolute atomic E-state index is 11.7. The van der Waals surface area contributed by atoms with Gasteiger partial charge in [0, 0.05) is 25.1 Å². The number of carbonyl (C=O) groups is 1. The minimum atomic E-state index is 0. The molecule has 2 atom stereocenters. The molecule has 4 nitrogen and oxygen atoms in total. The lowest BCUT2D eigenvalue weighted by Gasteiger charge is -2.11. The number of carbonyl (C=O) groups excluding carboxylic acids is 1. The van der Waals surface area contributed by atoms with Gasteiger partial charge >= 0.3 is 0 Å². The van der Waals surface area contributed by atoms with E-state index in [1.54, 1.807) is 0 Å². The van der Waals surface area contributed by atoms with Crippen molar-refractivity contribution in [1.29, 1.82) is 0 Å². The lowest BCUT2D eigenvalue weighted by atomic mass is 10.1. The Balaban J connectivity index is 0.00000256. The minimum Gasteiger partial charge on any atom is -0.379 e. The van der Waals surface area contributed by atoms with Crippen LogP contribution in [-0.2, 0) is 9.53 Å². The SMILES string of the molecule is CC(C)OCCCNC(=O)C1CCC(N)C1.Cl. The Labute approximate surface area is 110 Å². The summed E-state index contributed by atoms with van der Waals surface area (Å²) in [5.41, 5.74) is 5.77. The molecule has 0 bridgehead atoms. The van der Waals surface area contributed by atoms with E-state index in [-0.39, 0.29) is 36.4 Å². The molecule has 1 aliphatic carbocycles. The molecular formula is C12H25ClN2O2. The molecule has 0 aromatic heterocycles. The molecule has 1 saturated carbocycles. The molecule has 3 N–H and O–H groups in total. The lowest BCUT2D eigenvalue weighted by molar-refractivity contribution is -0.124. The van der Waals surface area contributed by atoms with E-state index < -0.39 is 0 Å². The Morgan fingerprint density at radius 3 is 2.71 bits per heavy atom. The van der Waals surface area contributed by atoms with Crippen LogP contribution in [0.1, 0.15) is 39.5 Å². The third-order valence-corrected chi connectivity index (χ3v) is 2.92. The average molecular weight is 265 g/mol. The van der Waals surface area contributed by atoms with E-state index in [1.165, 1.54) is 0 Å². The standard InChI is InChI=1S/C12H24N2O2.ClH/c1-9(2)16-7-3-6-14-12(15)10-4-5-11(13)8-10;/h9-11H,3-8,13H2,1-2H3,(H,14,15);1H. The predicted octanol–water partition coefficient (Wildman–Crippen LogP) is 1.47. The van der Waals surface area contributed by atoms with Gasteiger partial charge in [-0.2, -0.15) is 0 Å². The monoisotopic (exact) mass is 264 g/mol. The normalized spacial score (nSPS) is 23.5.